The van der Waals surface area contributed by atoms with Gasteiger partial charge in [-0.2, -0.15) is 0 Å². The highest BCUT2D eigenvalue weighted by Crippen LogP contribution is 2.24. The molecule has 0 spiro atoms. The van der Waals surface area contributed by atoms with Gasteiger partial charge in [0.25, 0.3) is 0 Å². The molecule has 19 heavy (non-hydrogen) atoms. The number of nitrogens with two attached hydrogens (primary N) is 1. The third-order valence-electron chi connectivity index (χ3n) is 3.44. The molecule has 0 bridgehead atoms. The Balaban J connectivity index is 2.09. The number of sulfonamides is 1. The molecule has 0 saturated heterocycles. The molecule has 1 aliphatic rings. The lowest BCUT2D eigenvalue weighted by Gasteiger charge is -2.16. The molecule has 1 aromatic rings. The van der Waals surface area contributed by atoms with Crippen molar-refractivity contribution in [2.75, 3.05) is 6.54 Å². The smallest absolute Gasteiger partial charge is 0.243 e. The van der Waals surface area contributed by atoms with Gasteiger partial charge in [0, 0.05) is 18.7 Å². The Hall–Kier alpha value is -1.05. The average Bonchev–Trinajstić information content (AvgIpc) is 2.72. The Kier molecular flexibility index (Phi) is 4.17. The molecule has 4 nitrogen and oxygen atoms in total. The summed E-state index contributed by atoms with van der Waals surface area (Å²) in [7, 11) is -3.97. The van der Waals surface area contributed by atoms with Gasteiger partial charge in [-0.05, 0) is 30.9 Å². The maximum atomic E-state index is 13.4. The second-order valence-electron chi connectivity index (χ2n) is 4.78. The average molecular weight is 290 g/mol. The van der Waals surface area contributed by atoms with E-state index in [0.717, 1.165) is 31.4 Å². The number of benzene rings is 1. The van der Waals surface area contributed by atoms with E-state index in [4.69, 9.17) is 5.73 Å². The zero-order valence-corrected chi connectivity index (χ0v) is 11.1. The van der Waals surface area contributed by atoms with Crippen molar-refractivity contribution in [3.8, 4) is 0 Å². The Morgan fingerprint density at radius 3 is 2.63 bits per heavy atom. The number of hydrogen-bond donors (Lipinski definition) is 2. The summed E-state index contributed by atoms with van der Waals surface area (Å²) in [6, 6.07) is 2.36. The van der Waals surface area contributed by atoms with Crippen LogP contribution in [0.2, 0.25) is 0 Å². The van der Waals surface area contributed by atoms with Crippen molar-refractivity contribution in [2.45, 2.75) is 30.2 Å². The molecule has 0 aliphatic heterocycles. The zero-order valence-electron chi connectivity index (χ0n) is 10.3. The fraction of sp³-hybridized carbons (Fsp3) is 0.500. The van der Waals surface area contributed by atoms with E-state index in [1.54, 1.807) is 0 Å². The largest absolute Gasteiger partial charge is 0.327 e. The predicted molar refractivity (Wildman–Crippen MR) is 66.9 cm³/mol. The van der Waals surface area contributed by atoms with Gasteiger partial charge < -0.3 is 5.73 Å². The van der Waals surface area contributed by atoms with Crippen LogP contribution < -0.4 is 10.5 Å². The molecule has 0 radical (unpaired) electrons. The van der Waals surface area contributed by atoms with Gasteiger partial charge in [0.1, 0.15) is 16.5 Å². The quantitative estimate of drug-likeness (QED) is 0.879. The van der Waals surface area contributed by atoms with Crippen LogP contribution in [-0.2, 0) is 10.0 Å². The predicted octanol–water partition coefficient (Wildman–Crippen LogP) is 1.37. The van der Waals surface area contributed by atoms with Crippen LogP contribution in [0.15, 0.2) is 23.1 Å². The van der Waals surface area contributed by atoms with Gasteiger partial charge in [-0.1, -0.05) is 6.42 Å². The molecule has 7 heteroatoms. The lowest BCUT2D eigenvalue weighted by atomic mass is 10.1. The minimum Gasteiger partial charge on any atom is -0.327 e. The van der Waals surface area contributed by atoms with Crippen molar-refractivity contribution in [2.24, 2.45) is 11.7 Å². The molecule has 0 amide bonds. The molecule has 1 aliphatic carbocycles. The van der Waals surface area contributed by atoms with E-state index in [9.17, 15) is 17.2 Å². The highest BCUT2D eigenvalue weighted by molar-refractivity contribution is 7.89. The lowest BCUT2D eigenvalue weighted by Crippen LogP contribution is -2.36. The lowest BCUT2D eigenvalue weighted by molar-refractivity contribution is 0.468. The minimum atomic E-state index is -3.97. The summed E-state index contributed by atoms with van der Waals surface area (Å²) < 4.78 is 52.4. The van der Waals surface area contributed by atoms with Gasteiger partial charge >= 0.3 is 0 Å². The molecular formula is C12H16F2N2O2S. The summed E-state index contributed by atoms with van der Waals surface area (Å²) in [4.78, 5) is -0.541. The van der Waals surface area contributed by atoms with Gasteiger partial charge in [0.2, 0.25) is 10.0 Å². The first kappa shape index (κ1) is 14.4. The molecule has 106 valence electrons. The van der Waals surface area contributed by atoms with Crippen molar-refractivity contribution >= 4 is 10.0 Å². The second-order valence-corrected chi connectivity index (χ2v) is 6.52. The topological polar surface area (TPSA) is 72.2 Å². The third-order valence-corrected chi connectivity index (χ3v) is 4.89. The van der Waals surface area contributed by atoms with Crippen LogP contribution in [0.25, 0.3) is 0 Å². The number of halogens is 2. The summed E-state index contributed by atoms with van der Waals surface area (Å²) in [6.45, 7) is 0.181. The van der Waals surface area contributed by atoms with E-state index in [1.807, 2.05) is 0 Å². The SMILES string of the molecule is NC1CCCC1CNS(=O)(=O)c1ccc(F)cc1F. The third kappa shape index (κ3) is 3.29. The maximum absolute atomic E-state index is 13.4. The summed E-state index contributed by atoms with van der Waals surface area (Å²) >= 11 is 0. The molecule has 1 aromatic carbocycles. The van der Waals surface area contributed by atoms with E-state index in [2.05, 4.69) is 4.72 Å². The molecular weight excluding hydrogens is 274 g/mol. The fourth-order valence-corrected chi connectivity index (χ4v) is 3.46. The second kappa shape index (κ2) is 5.52. The molecule has 2 rings (SSSR count). The Labute approximate surface area is 111 Å². The molecule has 2 unspecified atom stereocenters. The first-order valence-corrected chi connectivity index (χ1v) is 7.59. The number of hydrogen-bond acceptors (Lipinski definition) is 3. The summed E-state index contributed by atoms with van der Waals surface area (Å²) in [5.41, 5.74) is 5.84. The van der Waals surface area contributed by atoms with Crippen LogP contribution in [0.4, 0.5) is 8.78 Å². The standard InChI is InChI=1S/C12H16F2N2O2S/c13-9-4-5-12(10(14)6-9)19(17,18)16-7-8-2-1-3-11(8)15/h4-6,8,11,16H,1-3,7,15H2. The highest BCUT2D eigenvalue weighted by atomic mass is 32.2. The summed E-state index contributed by atoms with van der Waals surface area (Å²) in [5, 5.41) is 0. The van der Waals surface area contributed by atoms with Crippen molar-refractivity contribution in [3.63, 3.8) is 0 Å². The van der Waals surface area contributed by atoms with E-state index >= 15 is 0 Å². The Bertz CT molecular complexity index is 563. The van der Waals surface area contributed by atoms with Crippen LogP contribution in [0.3, 0.4) is 0 Å². The fourth-order valence-electron chi connectivity index (χ4n) is 2.31. The minimum absolute atomic E-state index is 0.0271. The molecule has 0 aromatic heterocycles. The maximum Gasteiger partial charge on any atom is 0.243 e. The van der Waals surface area contributed by atoms with Gasteiger partial charge in [0.15, 0.2) is 0 Å². The first-order chi connectivity index (χ1) is 8.90. The highest BCUT2D eigenvalue weighted by Gasteiger charge is 2.26. The van der Waals surface area contributed by atoms with Gasteiger partial charge in [0.05, 0.1) is 0 Å². The number of rotatable bonds is 4. The Morgan fingerprint density at radius 2 is 2.05 bits per heavy atom. The van der Waals surface area contributed by atoms with E-state index in [0.29, 0.717) is 6.07 Å². The van der Waals surface area contributed by atoms with Crippen LogP contribution in [-0.4, -0.2) is 21.0 Å². The molecule has 1 fully saturated rings. The van der Waals surface area contributed by atoms with Crippen molar-refractivity contribution in [1.29, 1.82) is 0 Å². The van der Waals surface area contributed by atoms with Gasteiger partial charge in [-0.3, -0.25) is 0 Å². The molecule has 2 atom stereocenters. The zero-order chi connectivity index (χ0) is 14.0. The van der Waals surface area contributed by atoms with Crippen LogP contribution >= 0.6 is 0 Å². The van der Waals surface area contributed by atoms with E-state index < -0.39 is 26.6 Å². The van der Waals surface area contributed by atoms with Gasteiger partial charge in [-0.15, -0.1) is 0 Å². The summed E-state index contributed by atoms with van der Waals surface area (Å²) in [6.07, 6.45) is 2.70. The van der Waals surface area contributed by atoms with Crippen molar-refractivity contribution in [1.82, 2.24) is 4.72 Å². The van der Waals surface area contributed by atoms with Crippen molar-refractivity contribution < 1.29 is 17.2 Å². The van der Waals surface area contributed by atoms with Crippen LogP contribution in [0.1, 0.15) is 19.3 Å². The Morgan fingerprint density at radius 1 is 1.32 bits per heavy atom. The molecule has 0 heterocycles. The van der Waals surface area contributed by atoms with Crippen LogP contribution in [0, 0.1) is 17.6 Å². The van der Waals surface area contributed by atoms with Crippen LogP contribution in [0.5, 0.6) is 0 Å². The monoisotopic (exact) mass is 290 g/mol. The summed E-state index contributed by atoms with van der Waals surface area (Å²) in [5.74, 6) is -1.84. The molecule has 1 saturated carbocycles. The first-order valence-electron chi connectivity index (χ1n) is 6.10. The van der Waals surface area contributed by atoms with Crippen molar-refractivity contribution in [3.05, 3.63) is 29.8 Å². The van der Waals surface area contributed by atoms with Gasteiger partial charge in [-0.25, -0.2) is 21.9 Å². The molecule has 3 N–H and O–H groups in total. The number of nitrogens with one attached hydrogen (secondary N) is 1. The van der Waals surface area contributed by atoms with E-state index in [-0.39, 0.29) is 18.5 Å². The van der Waals surface area contributed by atoms with E-state index in [1.165, 1.54) is 0 Å². The normalized spacial score (nSPS) is 23.7.